The summed E-state index contributed by atoms with van der Waals surface area (Å²) in [5, 5.41) is 11.9. The Morgan fingerprint density at radius 1 is 1.08 bits per heavy atom. The molecule has 130 valence electrons. The zero-order chi connectivity index (χ0) is 17.7. The van der Waals surface area contributed by atoms with Gasteiger partial charge in [0.1, 0.15) is 11.5 Å². The van der Waals surface area contributed by atoms with Crippen molar-refractivity contribution in [3.8, 4) is 11.5 Å². The van der Waals surface area contributed by atoms with Gasteiger partial charge in [-0.1, -0.05) is 18.2 Å². The lowest BCUT2D eigenvalue weighted by atomic mass is 9.93. The summed E-state index contributed by atoms with van der Waals surface area (Å²) in [6, 6.07) is 16.1. The van der Waals surface area contributed by atoms with Crippen molar-refractivity contribution in [1.82, 2.24) is 5.32 Å². The van der Waals surface area contributed by atoms with Gasteiger partial charge in [-0.3, -0.25) is 9.59 Å². The van der Waals surface area contributed by atoms with E-state index >= 15 is 0 Å². The molecular weight excluding hydrogens is 322 g/mol. The first-order valence-electron chi connectivity index (χ1n) is 8.01. The predicted molar refractivity (Wildman–Crippen MR) is 90.8 cm³/mol. The summed E-state index contributed by atoms with van der Waals surface area (Å²) < 4.78 is 11.0. The van der Waals surface area contributed by atoms with Gasteiger partial charge in [0, 0.05) is 12.2 Å². The molecule has 0 spiro atoms. The van der Waals surface area contributed by atoms with Gasteiger partial charge in [-0.25, -0.2) is 0 Å². The summed E-state index contributed by atoms with van der Waals surface area (Å²) in [6.07, 6.45) is 0.328. The molecule has 2 aromatic carbocycles. The maximum Gasteiger partial charge on any atom is 0.305 e. The van der Waals surface area contributed by atoms with Crippen LogP contribution in [-0.4, -0.2) is 35.7 Å². The Hall–Kier alpha value is -2.86. The van der Waals surface area contributed by atoms with Crippen molar-refractivity contribution >= 4 is 11.9 Å². The number of ether oxygens (including phenoxy) is 2. The van der Waals surface area contributed by atoms with E-state index in [1.165, 1.54) is 0 Å². The highest BCUT2D eigenvalue weighted by Crippen LogP contribution is 2.24. The quantitative estimate of drug-likeness (QED) is 0.844. The number of rotatable bonds is 6. The first-order chi connectivity index (χ1) is 12.1. The van der Waals surface area contributed by atoms with Crippen molar-refractivity contribution < 1.29 is 24.2 Å². The molecule has 1 aliphatic heterocycles. The molecule has 1 unspecified atom stereocenters. The van der Waals surface area contributed by atoms with Gasteiger partial charge in [0.15, 0.2) is 0 Å². The van der Waals surface area contributed by atoms with Crippen LogP contribution in [0.2, 0.25) is 0 Å². The van der Waals surface area contributed by atoms with Gasteiger partial charge in [0.2, 0.25) is 0 Å². The molecule has 2 N–H and O–H groups in total. The second-order valence-electron chi connectivity index (χ2n) is 6.05. The molecule has 25 heavy (non-hydrogen) atoms. The minimum absolute atomic E-state index is 0.159. The molecule has 0 aromatic heterocycles. The highest BCUT2D eigenvalue weighted by atomic mass is 16.5. The molecule has 0 bridgehead atoms. The van der Waals surface area contributed by atoms with E-state index in [9.17, 15) is 9.59 Å². The summed E-state index contributed by atoms with van der Waals surface area (Å²) in [5.74, 6) is 0.0471. The van der Waals surface area contributed by atoms with Crippen molar-refractivity contribution in [2.45, 2.75) is 18.4 Å². The monoisotopic (exact) mass is 341 g/mol. The second-order valence-corrected chi connectivity index (χ2v) is 6.05. The van der Waals surface area contributed by atoms with Gasteiger partial charge in [-0.2, -0.15) is 0 Å². The normalized spacial score (nSPS) is 19.4. The van der Waals surface area contributed by atoms with Crippen LogP contribution in [-0.2, 0) is 9.53 Å². The first-order valence-corrected chi connectivity index (χ1v) is 8.01. The van der Waals surface area contributed by atoms with Gasteiger partial charge in [-0.15, -0.1) is 0 Å². The van der Waals surface area contributed by atoms with E-state index in [0.717, 1.165) is 0 Å². The first kappa shape index (κ1) is 17.0. The maximum atomic E-state index is 12.5. The molecule has 0 radical (unpaired) electrons. The number of hydrogen-bond acceptors (Lipinski definition) is 4. The fourth-order valence-corrected chi connectivity index (χ4v) is 2.79. The minimum Gasteiger partial charge on any atom is -0.481 e. The van der Waals surface area contributed by atoms with E-state index in [1.54, 1.807) is 24.3 Å². The lowest BCUT2D eigenvalue weighted by molar-refractivity contribution is -0.138. The largest absolute Gasteiger partial charge is 0.481 e. The number of hydrogen-bond donors (Lipinski definition) is 2. The van der Waals surface area contributed by atoms with Gasteiger partial charge in [0.05, 0.1) is 18.6 Å². The number of nitrogens with one attached hydrogen (secondary N) is 1. The van der Waals surface area contributed by atoms with Crippen LogP contribution in [0.1, 0.15) is 23.2 Å². The van der Waals surface area contributed by atoms with Crippen molar-refractivity contribution in [3.63, 3.8) is 0 Å². The van der Waals surface area contributed by atoms with Gasteiger partial charge in [0.25, 0.3) is 5.91 Å². The lowest BCUT2D eigenvalue weighted by Gasteiger charge is -2.27. The highest BCUT2D eigenvalue weighted by molar-refractivity contribution is 5.95. The van der Waals surface area contributed by atoms with E-state index in [1.807, 2.05) is 30.3 Å². The van der Waals surface area contributed by atoms with Crippen LogP contribution in [0.4, 0.5) is 0 Å². The Morgan fingerprint density at radius 3 is 2.36 bits per heavy atom. The van der Waals surface area contributed by atoms with Crippen LogP contribution in [0.25, 0.3) is 0 Å². The van der Waals surface area contributed by atoms with Crippen LogP contribution >= 0.6 is 0 Å². The average Bonchev–Trinajstić information content (AvgIpc) is 3.03. The van der Waals surface area contributed by atoms with E-state index in [2.05, 4.69) is 5.32 Å². The fourth-order valence-electron chi connectivity index (χ4n) is 2.79. The molecule has 6 heteroatoms. The molecule has 1 heterocycles. The number of carbonyl (C=O) groups excluding carboxylic acids is 1. The fraction of sp³-hybridized carbons (Fsp3) is 0.263. The summed E-state index contributed by atoms with van der Waals surface area (Å²) in [7, 11) is 0. The zero-order valence-electron chi connectivity index (χ0n) is 13.6. The summed E-state index contributed by atoms with van der Waals surface area (Å²) >= 11 is 0. The molecular formula is C19H19NO5. The average molecular weight is 341 g/mol. The van der Waals surface area contributed by atoms with E-state index in [4.69, 9.17) is 14.6 Å². The third-order valence-corrected chi connectivity index (χ3v) is 4.07. The molecule has 1 atom stereocenters. The Labute approximate surface area is 145 Å². The zero-order valence-corrected chi connectivity index (χ0v) is 13.6. The standard InChI is InChI=1S/C19H19NO5/c21-17(22)12-19(10-11-24-13-19)20-18(23)14-6-8-16(9-7-14)25-15-4-2-1-3-5-15/h1-9H,10-13H2,(H,20,23)(H,21,22). The van der Waals surface area contributed by atoms with E-state index in [0.29, 0.717) is 30.1 Å². The number of aliphatic carboxylic acids is 1. The van der Waals surface area contributed by atoms with Crippen LogP contribution < -0.4 is 10.1 Å². The molecule has 6 nitrogen and oxygen atoms in total. The summed E-state index contributed by atoms with van der Waals surface area (Å²) in [6.45, 7) is 0.650. The second kappa shape index (κ2) is 7.36. The molecule has 0 saturated carbocycles. The van der Waals surface area contributed by atoms with Gasteiger partial charge >= 0.3 is 5.97 Å². The van der Waals surface area contributed by atoms with Crippen LogP contribution in [0.3, 0.4) is 0 Å². The van der Waals surface area contributed by atoms with Crippen LogP contribution in [0.15, 0.2) is 54.6 Å². The molecule has 0 aliphatic carbocycles. The van der Waals surface area contributed by atoms with E-state index in [-0.39, 0.29) is 18.9 Å². The van der Waals surface area contributed by atoms with Crippen LogP contribution in [0, 0.1) is 0 Å². The van der Waals surface area contributed by atoms with Crippen molar-refractivity contribution in [1.29, 1.82) is 0 Å². The Morgan fingerprint density at radius 2 is 1.76 bits per heavy atom. The minimum atomic E-state index is -0.961. The third kappa shape index (κ3) is 4.36. The number of carboxylic acids is 1. The topological polar surface area (TPSA) is 84.9 Å². The summed E-state index contributed by atoms with van der Waals surface area (Å²) in [5.41, 5.74) is -0.403. The van der Waals surface area contributed by atoms with Crippen molar-refractivity contribution in [2.75, 3.05) is 13.2 Å². The summed E-state index contributed by atoms with van der Waals surface area (Å²) in [4.78, 5) is 23.5. The Bertz CT molecular complexity index is 736. The van der Waals surface area contributed by atoms with Gasteiger partial charge < -0.3 is 19.9 Å². The Kier molecular flexibility index (Phi) is 5.00. The highest BCUT2D eigenvalue weighted by Gasteiger charge is 2.38. The number of para-hydroxylation sites is 1. The van der Waals surface area contributed by atoms with Gasteiger partial charge in [-0.05, 0) is 42.8 Å². The molecule has 3 rings (SSSR count). The number of benzene rings is 2. The molecule has 2 aromatic rings. The third-order valence-electron chi connectivity index (χ3n) is 4.07. The SMILES string of the molecule is O=C(O)CC1(NC(=O)c2ccc(Oc3ccccc3)cc2)CCOC1. The molecule has 1 saturated heterocycles. The van der Waals surface area contributed by atoms with Crippen LogP contribution in [0.5, 0.6) is 11.5 Å². The number of carbonyl (C=O) groups is 2. The number of amides is 1. The van der Waals surface area contributed by atoms with Crippen molar-refractivity contribution in [3.05, 3.63) is 60.2 Å². The van der Waals surface area contributed by atoms with Crippen molar-refractivity contribution in [2.24, 2.45) is 0 Å². The molecule has 1 amide bonds. The van der Waals surface area contributed by atoms with E-state index < -0.39 is 11.5 Å². The lowest BCUT2D eigenvalue weighted by Crippen LogP contribution is -2.50. The number of carboxylic acid groups (broad SMARTS) is 1. The maximum absolute atomic E-state index is 12.5. The Balaban J connectivity index is 1.67. The predicted octanol–water partition coefficient (Wildman–Crippen LogP) is 2.84. The molecule has 1 fully saturated rings. The molecule has 1 aliphatic rings. The smallest absolute Gasteiger partial charge is 0.305 e.